The molecule has 0 radical (unpaired) electrons. The minimum atomic E-state index is -0.203. The van der Waals surface area contributed by atoms with Crippen LogP contribution in [0.1, 0.15) is 13.8 Å². The molecule has 1 unspecified atom stereocenters. The summed E-state index contributed by atoms with van der Waals surface area (Å²) in [6.45, 7) is 7.84. The number of alkyl halides is 1. The Morgan fingerprint density at radius 3 is 2.45 bits per heavy atom. The van der Waals surface area contributed by atoms with Gasteiger partial charge < -0.3 is 0 Å². The van der Waals surface area contributed by atoms with Crippen LogP contribution in [0.25, 0.3) is 0 Å². The SMILES string of the molecule is C=C/C(=C/C(Cl)P=N)C(C)C. The molecule has 0 aliphatic heterocycles. The third-order valence-corrected chi connectivity index (χ3v) is 2.17. The molecule has 0 aromatic rings. The molecule has 0 saturated carbocycles. The van der Waals surface area contributed by atoms with Crippen molar-refractivity contribution < 1.29 is 0 Å². The van der Waals surface area contributed by atoms with Gasteiger partial charge in [0.25, 0.3) is 0 Å². The summed E-state index contributed by atoms with van der Waals surface area (Å²) in [5.41, 5.74) is 1.12. The molecule has 1 N–H and O–H groups in total. The highest BCUT2D eigenvalue weighted by Crippen LogP contribution is 2.19. The van der Waals surface area contributed by atoms with Gasteiger partial charge in [0.2, 0.25) is 0 Å². The molecule has 0 aliphatic rings. The maximum atomic E-state index is 6.98. The fourth-order valence-electron chi connectivity index (χ4n) is 0.692. The molecule has 62 valence electrons. The predicted molar refractivity (Wildman–Crippen MR) is 52.4 cm³/mol. The molecule has 0 saturated heterocycles. The van der Waals surface area contributed by atoms with Crippen molar-refractivity contribution in [2.24, 2.45) is 5.92 Å². The second kappa shape index (κ2) is 5.51. The largest absolute Gasteiger partial charge is 0.282 e. The summed E-state index contributed by atoms with van der Waals surface area (Å²) < 4.78 is 0. The fraction of sp³-hybridized carbons (Fsp3) is 0.500. The summed E-state index contributed by atoms with van der Waals surface area (Å²) in [4.78, 5) is 0. The van der Waals surface area contributed by atoms with E-state index in [1.54, 1.807) is 6.08 Å². The number of nitrogens with one attached hydrogen (secondary N) is 1. The van der Waals surface area contributed by atoms with E-state index in [2.05, 4.69) is 20.4 Å². The van der Waals surface area contributed by atoms with Crippen molar-refractivity contribution in [1.82, 2.24) is 0 Å². The molecule has 0 bridgehead atoms. The van der Waals surface area contributed by atoms with Crippen molar-refractivity contribution in [3.05, 3.63) is 24.3 Å². The Hall–Kier alpha value is -0.130. The van der Waals surface area contributed by atoms with Crippen LogP contribution in [0.3, 0.4) is 0 Å². The Bertz CT molecular complexity index is 175. The van der Waals surface area contributed by atoms with Gasteiger partial charge in [0.15, 0.2) is 0 Å². The summed E-state index contributed by atoms with van der Waals surface area (Å²) in [5, 5.41) is 6.78. The van der Waals surface area contributed by atoms with Crippen LogP contribution in [0.2, 0.25) is 0 Å². The zero-order valence-corrected chi connectivity index (χ0v) is 8.49. The molecule has 0 aromatic heterocycles. The van der Waals surface area contributed by atoms with Gasteiger partial charge in [0, 0.05) is 8.37 Å². The van der Waals surface area contributed by atoms with Crippen LogP contribution in [-0.4, -0.2) is 5.12 Å². The van der Waals surface area contributed by atoms with Gasteiger partial charge in [0.1, 0.15) is 5.12 Å². The van der Waals surface area contributed by atoms with E-state index in [1.807, 2.05) is 6.08 Å². The van der Waals surface area contributed by atoms with E-state index in [-0.39, 0.29) is 5.12 Å². The lowest BCUT2D eigenvalue weighted by Gasteiger charge is -2.05. The molecule has 0 rings (SSSR count). The van der Waals surface area contributed by atoms with Crippen molar-refractivity contribution in [3.8, 4) is 0 Å². The summed E-state index contributed by atoms with van der Waals surface area (Å²) in [6.07, 6.45) is 3.68. The van der Waals surface area contributed by atoms with Crippen LogP contribution in [-0.2, 0) is 0 Å². The highest BCUT2D eigenvalue weighted by Gasteiger charge is 2.01. The first-order valence-electron chi connectivity index (χ1n) is 3.46. The van der Waals surface area contributed by atoms with Gasteiger partial charge in [-0.05, 0) is 11.5 Å². The Morgan fingerprint density at radius 2 is 2.18 bits per heavy atom. The van der Waals surface area contributed by atoms with E-state index in [0.717, 1.165) is 5.57 Å². The maximum absolute atomic E-state index is 6.98. The quantitative estimate of drug-likeness (QED) is 0.392. The van der Waals surface area contributed by atoms with E-state index >= 15 is 0 Å². The first kappa shape index (κ1) is 10.9. The van der Waals surface area contributed by atoms with Gasteiger partial charge in [-0.15, -0.1) is 11.6 Å². The third kappa shape index (κ3) is 4.34. The van der Waals surface area contributed by atoms with Crippen molar-refractivity contribution in [3.63, 3.8) is 0 Å². The summed E-state index contributed by atoms with van der Waals surface area (Å²) in [6, 6.07) is 0. The smallest absolute Gasteiger partial charge is 0.111 e. The number of hydrogen-bond donors (Lipinski definition) is 1. The zero-order chi connectivity index (χ0) is 8.85. The topological polar surface area (TPSA) is 23.9 Å². The normalized spacial score (nSPS) is 15.5. The summed E-state index contributed by atoms with van der Waals surface area (Å²) in [7, 11) is 0.444. The average Bonchev–Trinajstić information content (AvgIpc) is 1.99. The van der Waals surface area contributed by atoms with Gasteiger partial charge >= 0.3 is 0 Å². The van der Waals surface area contributed by atoms with Crippen LogP contribution in [0.4, 0.5) is 0 Å². The lowest BCUT2D eigenvalue weighted by molar-refractivity contribution is 0.789. The molecule has 0 aliphatic carbocycles. The molecule has 1 nitrogen and oxygen atoms in total. The van der Waals surface area contributed by atoms with Gasteiger partial charge in [-0.25, -0.2) is 0 Å². The molecule has 1 atom stereocenters. The molecule has 0 heterocycles. The molecule has 0 amide bonds. The average molecular weight is 190 g/mol. The van der Waals surface area contributed by atoms with Gasteiger partial charge in [-0.1, -0.05) is 32.6 Å². The number of hydrogen-bond acceptors (Lipinski definition) is 1. The Labute approximate surface area is 74.8 Å². The second-order valence-electron chi connectivity index (χ2n) is 2.53. The van der Waals surface area contributed by atoms with Crippen LogP contribution in [0.15, 0.2) is 24.3 Å². The van der Waals surface area contributed by atoms with Gasteiger partial charge in [-0.2, -0.15) is 0 Å². The monoisotopic (exact) mass is 189 g/mol. The van der Waals surface area contributed by atoms with Crippen LogP contribution in [0.5, 0.6) is 0 Å². The molecule has 0 aromatic carbocycles. The molecule has 0 fully saturated rings. The number of rotatable bonds is 4. The Kier molecular flexibility index (Phi) is 5.45. The Morgan fingerprint density at radius 1 is 1.64 bits per heavy atom. The molecule has 3 heteroatoms. The van der Waals surface area contributed by atoms with E-state index in [0.29, 0.717) is 14.3 Å². The van der Waals surface area contributed by atoms with Crippen LogP contribution in [0, 0.1) is 11.1 Å². The highest BCUT2D eigenvalue weighted by atomic mass is 35.5. The number of halogens is 1. The molecule has 0 spiro atoms. The van der Waals surface area contributed by atoms with Crippen molar-refractivity contribution in [2.75, 3.05) is 0 Å². The van der Waals surface area contributed by atoms with E-state index in [1.165, 1.54) is 0 Å². The van der Waals surface area contributed by atoms with E-state index in [4.69, 9.17) is 16.8 Å². The minimum absolute atomic E-state index is 0.203. The highest BCUT2D eigenvalue weighted by molar-refractivity contribution is 7.29. The zero-order valence-electron chi connectivity index (χ0n) is 6.84. The van der Waals surface area contributed by atoms with E-state index < -0.39 is 0 Å². The van der Waals surface area contributed by atoms with Gasteiger partial charge in [-0.3, -0.25) is 5.16 Å². The minimum Gasteiger partial charge on any atom is -0.282 e. The van der Waals surface area contributed by atoms with Crippen molar-refractivity contribution >= 4 is 20.0 Å². The first-order valence-corrected chi connectivity index (χ1v) is 4.86. The first-order chi connectivity index (χ1) is 5.11. The van der Waals surface area contributed by atoms with Crippen LogP contribution >= 0.6 is 20.0 Å². The van der Waals surface area contributed by atoms with Crippen molar-refractivity contribution in [1.29, 1.82) is 5.16 Å². The van der Waals surface area contributed by atoms with Crippen LogP contribution < -0.4 is 0 Å². The summed E-state index contributed by atoms with van der Waals surface area (Å²) in [5.74, 6) is 0.440. The second-order valence-corrected chi connectivity index (χ2v) is 4.12. The molecular weight excluding hydrogens is 177 g/mol. The van der Waals surface area contributed by atoms with Crippen molar-refractivity contribution in [2.45, 2.75) is 19.0 Å². The maximum Gasteiger partial charge on any atom is 0.111 e. The lowest BCUT2D eigenvalue weighted by Crippen LogP contribution is -1.92. The standard InChI is InChI=1S/C8H13ClNP/c1-4-7(6(2)3)5-8(9)11-10/h4-6,8,10H,1H2,2-3H3/b7-5-. The Balaban J connectivity index is 4.33. The van der Waals surface area contributed by atoms with E-state index in [9.17, 15) is 0 Å². The third-order valence-electron chi connectivity index (χ3n) is 1.36. The van der Waals surface area contributed by atoms with Gasteiger partial charge in [0.05, 0.1) is 0 Å². The number of allylic oxidation sites excluding steroid dienone is 3. The lowest BCUT2D eigenvalue weighted by atomic mass is 10.0. The summed E-state index contributed by atoms with van der Waals surface area (Å²) >= 11 is 5.76. The fourth-order valence-corrected chi connectivity index (χ4v) is 1.08. The molecular formula is C8H13ClNP. The predicted octanol–water partition coefficient (Wildman–Crippen LogP) is 4.03. The molecule has 11 heavy (non-hydrogen) atoms.